The van der Waals surface area contributed by atoms with Gasteiger partial charge in [-0.1, -0.05) is 24.3 Å². The first-order chi connectivity index (χ1) is 8.98. The van der Waals surface area contributed by atoms with E-state index in [9.17, 15) is 13.2 Å². The summed E-state index contributed by atoms with van der Waals surface area (Å²) >= 11 is 0. The van der Waals surface area contributed by atoms with Crippen molar-refractivity contribution in [1.82, 2.24) is 0 Å². The van der Waals surface area contributed by atoms with E-state index in [0.29, 0.717) is 16.7 Å². The Kier molecular flexibility index (Phi) is 3.43. The van der Waals surface area contributed by atoms with Gasteiger partial charge in [0, 0.05) is 0 Å². The van der Waals surface area contributed by atoms with E-state index in [-0.39, 0.29) is 5.75 Å². The molecule has 5 heteroatoms. The van der Waals surface area contributed by atoms with Gasteiger partial charge in [-0.15, -0.1) is 13.2 Å². The summed E-state index contributed by atoms with van der Waals surface area (Å²) in [6.07, 6.45) is -4.71. The van der Waals surface area contributed by atoms with E-state index in [1.165, 1.54) is 18.2 Å². The molecular formula is C14H8F3NO. The van der Waals surface area contributed by atoms with Gasteiger partial charge in [-0.05, 0) is 35.4 Å². The normalized spacial score (nSPS) is 10.8. The van der Waals surface area contributed by atoms with E-state index in [4.69, 9.17) is 5.26 Å². The topological polar surface area (TPSA) is 33.0 Å². The summed E-state index contributed by atoms with van der Waals surface area (Å²) in [4.78, 5) is 0. The number of hydrogen-bond acceptors (Lipinski definition) is 2. The number of nitrogens with zero attached hydrogens (tertiary/aromatic N) is 1. The summed E-state index contributed by atoms with van der Waals surface area (Å²) in [5, 5.41) is 8.68. The lowest BCUT2D eigenvalue weighted by Crippen LogP contribution is -2.17. The van der Waals surface area contributed by atoms with E-state index < -0.39 is 6.36 Å². The van der Waals surface area contributed by atoms with E-state index in [0.717, 1.165) is 0 Å². The Balaban J connectivity index is 2.30. The maximum atomic E-state index is 12.1. The average Bonchev–Trinajstić information content (AvgIpc) is 2.37. The Morgan fingerprint density at radius 2 is 1.63 bits per heavy atom. The molecule has 19 heavy (non-hydrogen) atoms. The molecule has 0 saturated heterocycles. The summed E-state index contributed by atoms with van der Waals surface area (Å²) in [7, 11) is 0. The van der Waals surface area contributed by atoms with Gasteiger partial charge in [0.2, 0.25) is 0 Å². The lowest BCUT2D eigenvalue weighted by atomic mass is 10.0. The lowest BCUT2D eigenvalue weighted by molar-refractivity contribution is -0.274. The van der Waals surface area contributed by atoms with Crippen LogP contribution in [0.15, 0.2) is 48.5 Å². The summed E-state index contributed by atoms with van der Waals surface area (Å²) in [5.74, 6) is -0.269. The highest BCUT2D eigenvalue weighted by molar-refractivity contribution is 5.65. The van der Waals surface area contributed by atoms with Crippen LogP contribution < -0.4 is 4.74 Å². The molecule has 0 aromatic heterocycles. The second-order valence-electron chi connectivity index (χ2n) is 3.76. The highest BCUT2D eigenvalue weighted by atomic mass is 19.4. The molecule has 0 N–H and O–H groups in total. The van der Waals surface area contributed by atoms with Crippen molar-refractivity contribution in [1.29, 1.82) is 5.26 Å². The minimum Gasteiger partial charge on any atom is -0.406 e. The molecule has 0 aliphatic heterocycles. The third kappa shape index (κ3) is 3.49. The molecule has 96 valence electrons. The standard InChI is InChI=1S/C14H8F3NO/c15-14(16,17)19-13-3-1-2-12(8-13)11-6-4-10(9-18)5-7-11/h1-8H. The number of nitriles is 1. The Morgan fingerprint density at radius 3 is 2.21 bits per heavy atom. The molecular weight excluding hydrogens is 255 g/mol. The predicted octanol–water partition coefficient (Wildman–Crippen LogP) is 4.12. The zero-order valence-electron chi connectivity index (χ0n) is 9.61. The minimum absolute atomic E-state index is 0.269. The summed E-state index contributed by atoms with van der Waals surface area (Å²) in [6.45, 7) is 0. The maximum Gasteiger partial charge on any atom is 0.573 e. The molecule has 0 fully saturated rings. The Bertz CT molecular complexity index is 612. The van der Waals surface area contributed by atoms with Crippen LogP contribution in [-0.4, -0.2) is 6.36 Å². The Labute approximate surface area is 107 Å². The van der Waals surface area contributed by atoms with Crippen LogP contribution in [0, 0.1) is 11.3 Å². The first kappa shape index (κ1) is 13.0. The summed E-state index contributed by atoms with van der Waals surface area (Å²) in [6, 6.07) is 14.2. The highest BCUT2D eigenvalue weighted by Crippen LogP contribution is 2.28. The van der Waals surface area contributed by atoms with Crippen LogP contribution in [0.1, 0.15) is 5.56 Å². The van der Waals surface area contributed by atoms with Gasteiger partial charge in [-0.2, -0.15) is 5.26 Å². The van der Waals surface area contributed by atoms with E-state index in [1.54, 1.807) is 30.3 Å². The number of hydrogen-bond donors (Lipinski definition) is 0. The number of halogens is 3. The molecule has 0 saturated carbocycles. The highest BCUT2D eigenvalue weighted by Gasteiger charge is 2.31. The van der Waals surface area contributed by atoms with Crippen molar-refractivity contribution in [2.45, 2.75) is 6.36 Å². The fourth-order valence-corrected chi connectivity index (χ4v) is 1.61. The fourth-order valence-electron chi connectivity index (χ4n) is 1.61. The third-order valence-corrected chi connectivity index (χ3v) is 2.41. The zero-order chi connectivity index (χ0) is 13.9. The lowest BCUT2D eigenvalue weighted by Gasteiger charge is -2.10. The molecule has 0 bridgehead atoms. The molecule has 0 heterocycles. The van der Waals surface area contributed by atoms with Crippen molar-refractivity contribution in [2.24, 2.45) is 0 Å². The molecule has 0 atom stereocenters. The van der Waals surface area contributed by atoms with Crippen LogP contribution in [0.5, 0.6) is 5.75 Å². The second-order valence-corrected chi connectivity index (χ2v) is 3.76. The van der Waals surface area contributed by atoms with E-state index >= 15 is 0 Å². The number of rotatable bonds is 2. The summed E-state index contributed by atoms with van der Waals surface area (Å²) < 4.78 is 40.2. The van der Waals surface area contributed by atoms with Crippen molar-refractivity contribution < 1.29 is 17.9 Å². The largest absolute Gasteiger partial charge is 0.573 e. The first-order valence-electron chi connectivity index (χ1n) is 5.34. The smallest absolute Gasteiger partial charge is 0.406 e. The van der Waals surface area contributed by atoms with Crippen LogP contribution in [-0.2, 0) is 0 Å². The first-order valence-corrected chi connectivity index (χ1v) is 5.34. The van der Waals surface area contributed by atoms with Crippen molar-refractivity contribution in [2.75, 3.05) is 0 Å². The maximum absolute atomic E-state index is 12.1. The molecule has 0 aliphatic carbocycles. The Morgan fingerprint density at radius 1 is 0.947 bits per heavy atom. The SMILES string of the molecule is N#Cc1ccc(-c2cccc(OC(F)(F)F)c2)cc1. The van der Waals surface area contributed by atoms with Crippen molar-refractivity contribution in [3.05, 3.63) is 54.1 Å². The van der Waals surface area contributed by atoms with Gasteiger partial charge in [-0.3, -0.25) is 0 Å². The third-order valence-electron chi connectivity index (χ3n) is 2.41. The molecule has 2 nitrogen and oxygen atoms in total. The van der Waals surface area contributed by atoms with Crippen LogP contribution in [0.25, 0.3) is 11.1 Å². The summed E-state index contributed by atoms with van der Waals surface area (Å²) in [5.41, 5.74) is 1.80. The van der Waals surface area contributed by atoms with Crippen molar-refractivity contribution in [3.63, 3.8) is 0 Å². The van der Waals surface area contributed by atoms with Gasteiger partial charge in [0.1, 0.15) is 5.75 Å². The van der Waals surface area contributed by atoms with E-state index in [1.807, 2.05) is 6.07 Å². The zero-order valence-corrected chi connectivity index (χ0v) is 9.61. The number of ether oxygens (including phenoxy) is 1. The van der Waals surface area contributed by atoms with Crippen LogP contribution in [0.3, 0.4) is 0 Å². The molecule has 0 spiro atoms. The second kappa shape index (κ2) is 5.02. The molecule has 0 amide bonds. The van der Waals surface area contributed by atoms with Crippen LogP contribution >= 0.6 is 0 Å². The van der Waals surface area contributed by atoms with Gasteiger partial charge in [0.05, 0.1) is 11.6 Å². The van der Waals surface area contributed by atoms with E-state index in [2.05, 4.69) is 4.74 Å². The van der Waals surface area contributed by atoms with Gasteiger partial charge in [-0.25, -0.2) is 0 Å². The van der Waals surface area contributed by atoms with Gasteiger partial charge < -0.3 is 4.74 Å². The fraction of sp³-hybridized carbons (Fsp3) is 0.0714. The molecule has 2 aromatic carbocycles. The quantitative estimate of drug-likeness (QED) is 0.816. The Hall–Kier alpha value is -2.48. The molecule has 2 aromatic rings. The number of benzene rings is 2. The van der Waals surface area contributed by atoms with Crippen molar-refractivity contribution >= 4 is 0 Å². The molecule has 2 rings (SSSR count). The van der Waals surface area contributed by atoms with Gasteiger partial charge >= 0.3 is 6.36 Å². The monoisotopic (exact) mass is 263 g/mol. The molecule has 0 radical (unpaired) electrons. The van der Waals surface area contributed by atoms with Gasteiger partial charge in [0.15, 0.2) is 0 Å². The predicted molar refractivity (Wildman–Crippen MR) is 63.3 cm³/mol. The van der Waals surface area contributed by atoms with Crippen molar-refractivity contribution in [3.8, 4) is 22.9 Å². The molecule has 0 unspecified atom stereocenters. The van der Waals surface area contributed by atoms with Gasteiger partial charge in [0.25, 0.3) is 0 Å². The van der Waals surface area contributed by atoms with Crippen LogP contribution in [0.2, 0.25) is 0 Å². The minimum atomic E-state index is -4.71. The van der Waals surface area contributed by atoms with Crippen LogP contribution in [0.4, 0.5) is 13.2 Å². The number of alkyl halides is 3. The average molecular weight is 263 g/mol. The molecule has 0 aliphatic rings.